The van der Waals surface area contributed by atoms with Crippen molar-refractivity contribution in [2.24, 2.45) is 5.41 Å². The van der Waals surface area contributed by atoms with Gasteiger partial charge < -0.3 is 18.8 Å². The molecule has 1 heterocycles. The fraction of sp³-hybridized carbons (Fsp3) is 0.769. The monoisotopic (exact) mass is 462 g/mol. The molecule has 4 nitrogen and oxygen atoms in total. The quantitative estimate of drug-likeness (QED) is 0.286. The van der Waals surface area contributed by atoms with Gasteiger partial charge in [-0.1, -0.05) is 66.4 Å². The second-order valence-corrected chi connectivity index (χ2v) is 18.2. The van der Waals surface area contributed by atoms with Crippen LogP contribution in [0.5, 0.6) is 5.75 Å². The van der Waals surface area contributed by atoms with Crippen molar-refractivity contribution >= 4 is 25.8 Å². The van der Waals surface area contributed by atoms with Crippen LogP contribution in [0.15, 0.2) is 12.1 Å². The molecule has 0 atom stereocenters. The first kappa shape index (κ1) is 27.4. The van der Waals surface area contributed by atoms with E-state index in [0.717, 1.165) is 17.6 Å². The summed E-state index contributed by atoms with van der Waals surface area (Å²) in [6.07, 6.45) is 1.08. The van der Waals surface area contributed by atoms with E-state index in [9.17, 15) is 0 Å². The molecule has 1 aromatic rings. The molecule has 0 aliphatic carbocycles. The number of benzene rings is 1. The highest BCUT2D eigenvalue weighted by atomic mass is 28.3. The van der Waals surface area contributed by atoms with Crippen LogP contribution >= 0.6 is 0 Å². The van der Waals surface area contributed by atoms with Gasteiger partial charge in [0.25, 0.3) is 0 Å². The van der Waals surface area contributed by atoms with E-state index in [4.69, 9.17) is 18.8 Å². The highest BCUT2D eigenvalue weighted by molar-refractivity contribution is 6.89. The van der Waals surface area contributed by atoms with Crippen LogP contribution in [-0.2, 0) is 19.5 Å². The van der Waals surface area contributed by atoms with E-state index < -0.39 is 26.4 Å². The molecule has 0 N–H and O–H groups in total. The molecule has 1 aliphatic rings. The van der Waals surface area contributed by atoms with Crippen LogP contribution in [0, 0.1) is 5.41 Å². The highest BCUT2D eigenvalue weighted by Gasteiger charge is 2.53. The molecule has 2 rings (SSSR count). The SMILES string of the molecule is CCOCOc1c(B2OC(C)(C)C(C)(C)O2)cc(C(C)(C)CC(C)(C)C)cc1[Si](C)(C)C. The van der Waals surface area contributed by atoms with Crippen molar-refractivity contribution in [3.05, 3.63) is 17.7 Å². The van der Waals surface area contributed by atoms with E-state index in [-0.39, 0.29) is 17.6 Å². The van der Waals surface area contributed by atoms with Crippen molar-refractivity contribution < 1.29 is 18.8 Å². The van der Waals surface area contributed by atoms with E-state index in [1.165, 1.54) is 10.8 Å². The van der Waals surface area contributed by atoms with Crippen LogP contribution in [-0.4, -0.2) is 39.8 Å². The predicted octanol–water partition coefficient (Wildman–Crippen LogP) is 5.62. The van der Waals surface area contributed by atoms with Crippen molar-refractivity contribution in [3.8, 4) is 5.75 Å². The second kappa shape index (κ2) is 9.09. The fourth-order valence-corrected chi connectivity index (χ4v) is 6.00. The molecule has 32 heavy (non-hydrogen) atoms. The summed E-state index contributed by atoms with van der Waals surface area (Å²) in [7, 11) is -2.23. The molecule has 6 heteroatoms. The Morgan fingerprint density at radius 1 is 0.938 bits per heavy atom. The summed E-state index contributed by atoms with van der Waals surface area (Å²) >= 11 is 0. The molecule has 0 saturated carbocycles. The minimum atomic E-state index is -1.75. The lowest BCUT2D eigenvalue weighted by atomic mass is 9.69. The molecule has 1 saturated heterocycles. The Balaban J connectivity index is 2.72. The average Bonchev–Trinajstić information content (AvgIpc) is 2.79. The lowest BCUT2D eigenvalue weighted by Gasteiger charge is -2.35. The van der Waals surface area contributed by atoms with Gasteiger partial charge in [0.05, 0.1) is 19.3 Å². The van der Waals surface area contributed by atoms with Gasteiger partial charge in [-0.25, -0.2) is 0 Å². The first-order valence-electron chi connectivity index (χ1n) is 12.1. The van der Waals surface area contributed by atoms with Gasteiger partial charge in [-0.3, -0.25) is 0 Å². The Labute approximate surface area is 198 Å². The first-order valence-corrected chi connectivity index (χ1v) is 15.6. The van der Waals surface area contributed by atoms with Gasteiger partial charge in [-0.05, 0) is 62.6 Å². The molecule has 182 valence electrons. The largest absolute Gasteiger partial charge is 0.498 e. The van der Waals surface area contributed by atoms with Crippen molar-refractivity contribution in [2.75, 3.05) is 13.4 Å². The Morgan fingerprint density at radius 2 is 1.47 bits per heavy atom. The van der Waals surface area contributed by atoms with Gasteiger partial charge in [-0.2, -0.15) is 0 Å². The molecule has 0 unspecified atom stereocenters. The first-order chi connectivity index (χ1) is 14.3. The summed E-state index contributed by atoms with van der Waals surface area (Å²) < 4.78 is 24.9. The van der Waals surface area contributed by atoms with Crippen LogP contribution in [0.3, 0.4) is 0 Å². The molecule has 0 amide bonds. The summed E-state index contributed by atoms with van der Waals surface area (Å²) in [5.74, 6) is 0.881. The minimum Gasteiger partial charge on any atom is -0.468 e. The lowest BCUT2D eigenvalue weighted by Crippen LogP contribution is -2.46. The molecule has 1 aromatic carbocycles. The summed E-state index contributed by atoms with van der Waals surface area (Å²) in [6, 6.07) is 4.65. The van der Waals surface area contributed by atoms with Gasteiger partial charge in [0.2, 0.25) is 0 Å². The zero-order valence-electron chi connectivity index (χ0n) is 23.0. The molecular formula is C26H47BO4Si. The van der Waals surface area contributed by atoms with Crippen LogP contribution in [0.1, 0.15) is 81.2 Å². The third-order valence-corrected chi connectivity index (χ3v) is 8.66. The van der Waals surface area contributed by atoms with Crippen molar-refractivity contribution in [1.29, 1.82) is 0 Å². The van der Waals surface area contributed by atoms with Gasteiger partial charge in [0, 0.05) is 12.1 Å². The second-order valence-electron chi connectivity index (χ2n) is 13.2. The summed E-state index contributed by atoms with van der Waals surface area (Å²) in [4.78, 5) is 0. The van der Waals surface area contributed by atoms with Crippen molar-refractivity contribution in [3.63, 3.8) is 0 Å². The van der Waals surface area contributed by atoms with Gasteiger partial charge in [0.15, 0.2) is 6.79 Å². The molecule has 1 aliphatic heterocycles. The van der Waals surface area contributed by atoms with Gasteiger partial charge >= 0.3 is 7.12 Å². The van der Waals surface area contributed by atoms with E-state index in [1.807, 2.05) is 6.92 Å². The zero-order chi connectivity index (χ0) is 24.8. The van der Waals surface area contributed by atoms with E-state index in [2.05, 4.69) is 94.1 Å². The molecular weight excluding hydrogens is 415 g/mol. The fourth-order valence-electron chi connectivity index (χ4n) is 4.52. The Kier molecular flexibility index (Phi) is 7.79. The summed E-state index contributed by atoms with van der Waals surface area (Å²) in [6.45, 7) is 29.9. The van der Waals surface area contributed by atoms with Crippen LogP contribution in [0.4, 0.5) is 0 Å². The molecule has 0 spiro atoms. The smallest absolute Gasteiger partial charge is 0.468 e. The normalized spacial score (nSPS) is 18.8. The van der Waals surface area contributed by atoms with Crippen molar-refractivity contribution in [2.45, 2.75) is 112 Å². The van der Waals surface area contributed by atoms with Crippen LogP contribution < -0.4 is 15.4 Å². The third-order valence-electron chi connectivity index (χ3n) is 6.68. The maximum atomic E-state index is 6.51. The summed E-state index contributed by atoms with van der Waals surface area (Å²) in [5.41, 5.74) is 1.70. The molecule has 0 aromatic heterocycles. The third kappa shape index (κ3) is 6.19. The Bertz CT molecular complexity index is 787. The van der Waals surface area contributed by atoms with E-state index in [1.54, 1.807) is 0 Å². The molecule has 1 fully saturated rings. The minimum absolute atomic E-state index is 0.00346. The van der Waals surface area contributed by atoms with Crippen molar-refractivity contribution in [1.82, 2.24) is 0 Å². The topological polar surface area (TPSA) is 36.9 Å². The number of hydrogen-bond donors (Lipinski definition) is 0. The van der Waals surface area contributed by atoms with E-state index in [0.29, 0.717) is 6.61 Å². The average molecular weight is 463 g/mol. The molecule has 0 radical (unpaired) electrons. The standard InChI is InChI=1S/C26H47BO4Si/c1-14-28-18-29-22-20(27-30-25(7,8)26(9,10)31-27)15-19(16-21(22)32(11,12)13)24(5,6)17-23(2,3)4/h15-16H,14,17-18H2,1-13H3. The van der Waals surface area contributed by atoms with Crippen LogP contribution in [0.2, 0.25) is 19.6 Å². The highest BCUT2D eigenvalue weighted by Crippen LogP contribution is 2.39. The Hall–Kier alpha value is -0.818. The maximum absolute atomic E-state index is 6.51. The van der Waals surface area contributed by atoms with E-state index >= 15 is 0 Å². The lowest BCUT2D eigenvalue weighted by molar-refractivity contribution is 0.00578. The predicted molar refractivity (Wildman–Crippen MR) is 139 cm³/mol. The van der Waals surface area contributed by atoms with Gasteiger partial charge in [0.1, 0.15) is 5.75 Å². The number of hydrogen-bond acceptors (Lipinski definition) is 4. The van der Waals surface area contributed by atoms with Gasteiger partial charge in [-0.15, -0.1) is 0 Å². The summed E-state index contributed by atoms with van der Waals surface area (Å²) in [5, 5.41) is 1.29. The maximum Gasteiger partial charge on any atom is 0.498 e. The molecule has 0 bridgehead atoms. The zero-order valence-corrected chi connectivity index (χ0v) is 24.0. The number of rotatable bonds is 8. The Morgan fingerprint density at radius 3 is 1.91 bits per heavy atom. The van der Waals surface area contributed by atoms with Crippen LogP contribution in [0.25, 0.3) is 0 Å². The number of ether oxygens (including phenoxy) is 2.